The molecule has 1 aromatic carbocycles. The monoisotopic (exact) mass is 349 g/mol. The average Bonchev–Trinajstić information content (AvgIpc) is 2.82. The molecule has 5 nitrogen and oxygen atoms in total. The molecule has 0 spiro atoms. The number of ether oxygens (including phenoxy) is 1. The molecule has 0 radical (unpaired) electrons. The van der Waals surface area contributed by atoms with Crippen LogP contribution in [-0.2, 0) is 14.0 Å². The van der Waals surface area contributed by atoms with Crippen molar-refractivity contribution >= 4 is 20.3 Å². The van der Waals surface area contributed by atoms with Gasteiger partial charge in [0.05, 0.1) is 0 Å². The number of hydrogen-bond donors (Lipinski definition) is 0. The summed E-state index contributed by atoms with van der Waals surface area (Å²) in [7, 11) is -1.91. The van der Waals surface area contributed by atoms with E-state index in [4.69, 9.17) is 9.16 Å². The molecule has 1 fully saturated rings. The van der Waals surface area contributed by atoms with Crippen molar-refractivity contribution in [2.45, 2.75) is 44.8 Å². The SMILES string of the molecule is CC(C)(C)[Si](C)(C)OCC(CN1C(=O)COC1=O)c1ccccc1. The molecule has 0 aromatic heterocycles. The van der Waals surface area contributed by atoms with Crippen molar-refractivity contribution in [3.8, 4) is 0 Å². The highest BCUT2D eigenvalue weighted by Gasteiger charge is 2.39. The minimum atomic E-state index is -1.91. The molecule has 1 aliphatic heterocycles. The lowest BCUT2D eigenvalue weighted by molar-refractivity contribution is -0.126. The molecule has 0 saturated carbocycles. The summed E-state index contributed by atoms with van der Waals surface area (Å²) < 4.78 is 11.2. The van der Waals surface area contributed by atoms with Crippen molar-refractivity contribution in [2.24, 2.45) is 0 Å². The van der Waals surface area contributed by atoms with Gasteiger partial charge < -0.3 is 9.16 Å². The first kappa shape index (κ1) is 18.7. The van der Waals surface area contributed by atoms with E-state index in [0.29, 0.717) is 6.61 Å². The van der Waals surface area contributed by atoms with Crippen LogP contribution in [0.1, 0.15) is 32.3 Å². The highest BCUT2D eigenvalue weighted by molar-refractivity contribution is 6.74. The second-order valence-electron chi connectivity index (χ2n) is 7.74. The smallest absolute Gasteiger partial charge is 0.417 e. The maximum atomic E-state index is 11.9. The molecule has 24 heavy (non-hydrogen) atoms. The Morgan fingerprint density at radius 1 is 1.21 bits per heavy atom. The zero-order chi connectivity index (χ0) is 18.0. The Labute approximate surface area is 145 Å². The highest BCUT2D eigenvalue weighted by atomic mass is 28.4. The van der Waals surface area contributed by atoms with Crippen LogP contribution in [0.5, 0.6) is 0 Å². The Kier molecular flexibility index (Phi) is 5.50. The lowest BCUT2D eigenvalue weighted by Gasteiger charge is -2.37. The molecule has 1 saturated heterocycles. The van der Waals surface area contributed by atoms with Gasteiger partial charge >= 0.3 is 6.09 Å². The fourth-order valence-corrected chi connectivity index (χ4v) is 3.33. The fourth-order valence-electron chi connectivity index (χ4n) is 2.28. The van der Waals surface area contributed by atoms with E-state index in [9.17, 15) is 9.59 Å². The number of nitrogens with zero attached hydrogens (tertiary/aromatic N) is 1. The van der Waals surface area contributed by atoms with Gasteiger partial charge in [-0.3, -0.25) is 4.79 Å². The first-order valence-electron chi connectivity index (χ1n) is 8.28. The van der Waals surface area contributed by atoms with Crippen molar-refractivity contribution in [2.75, 3.05) is 19.8 Å². The van der Waals surface area contributed by atoms with E-state index in [2.05, 4.69) is 33.9 Å². The lowest BCUT2D eigenvalue weighted by atomic mass is 9.99. The van der Waals surface area contributed by atoms with Crippen molar-refractivity contribution in [1.29, 1.82) is 0 Å². The van der Waals surface area contributed by atoms with Crippen LogP contribution in [0.4, 0.5) is 4.79 Å². The number of cyclic esters (lactones) is 1. The molecule has 1 aromatic rings. The molecule has 132 valence electrons. The summed E-state index contributed by atoms with van der Waals surface area (Å²) in [6.07, 6.45) is -0.562. The fraction of sp³-hybridized carbons (Fsp3) is 0.556. The minimum Gasteiger partial charge on any atom is -0.439 e. The molecule has 6 heteroatoms. The van der Waals surface area contributed by atoms with E-state index in [1.807, 2.05) is 30.3 Å². The summed E-state index contributed by atoms with van der Waals surface area (Å²) >= 11 is 0. The predicted molar refractivity (Wildman–Crippen MR) is 95.4 cm³/mol. The Morgan fingerprint density at radius 3 is 2.33 bits per heavy atom. The van der Waals surface area contributed by atoms with E-state index in [-0.39, 0.29) is 30.0 Å². The number of imide groups is 1. The third-order valence-electron chi connectivity index (χ3n) is 4.97. The minimum absolute atomic E-state index is 0.0603. The summed E-state index contributed by atoms with van der Waals surface area (Å²) in [4.78, 5) is 24.8. The molecular formula is C18H27NO4Si. The van der Waals surface area contributed by atoms with E-state index in [1.165, 1.54) is 4.90 Å². The normalized spacial score (nSPS) is 17.1. The molecule has 2 rings (SSSR count). The molecular weight excluding hydrogens is 322 g/mol. The van der Waals surface area contributed by atoms with Crippen LogP contribution in [0.3, 0.4) is 0 Å². The van der Waals surface area contributed by atoms with Gasteiger partial charge in [0, 0.05) is 19.1 Å². The van der Waals surface area contributed by atoms with Crippen LogP contribution in [0, 0.1) is 0 Å². The van der Waals surface area contributed by atoms with Crippen LogP contribution < -0.4 is 0 Å². The Hall–Kier alpha value is -1.66. The lowest BCUT2D eigenvalue weighted by Crippen LogP contribution is -2.43. The van der Waals surface area contributed by atoms with E-state index >= 15 is 0 Å². The third-order valence-corrected chi connectivity index (χ3v) is 9.47. The van der Waals surface area contributed by atoms with Gasteiger partial charge in [0.2, 0.25) is 0 Å². The number of amides is 2. The predicted octanol–water partition coefficient (Wildman–Crippen LogP) is 3.77. The second kappa shape index (κ2) is 7.07. The Bertz CT molecular complexity index is 579. The standard InChI is InChI=1S/C18H27NO4Si/c1-18(2,3)24(4,5)23-12-15(14-9-7-6-8-10-14)11-19-16(20)13-22-17(19)21/h6-10,15H,11-13H2,1-5H3. The van der Waals surface area contributed by atoms with E-state index in [1.54, 1.807) is 0 Å². The van der Waals surface area contributed by atoms with Gasteiger partial charge in [-0.25, -0.2) is 9.69 Å². The van der Waals surface area contributed by atoms with Crippen LogP contribution >= 0.6 is 0 Å². The zero-order valence-electron chi connectivity index (χ0n) is 15.2. The second-order valence-corrected chi connectivity index (χ2v) is 12.5. The molecule has 2 amide bonds. The number of benzene rings is 1. The summed E-state index contributed by atoms with van der Waals surface area (Å²) in [5.74, 6) is -0.344. The van der Waals surface area contributed by atoms with Gasteiger partial charge in [-0.2, -0.15) is 0 Å². The molecule has 1 aliphatic rings. The van der Waals surface area contributed by atoms with Gasteiger partial charge in [-0.1, -0.05) is 51.1 Å². The summed E-state index contributed by atoms with van der Waals surface area (Å²) in [5.41, 5.74) is 1.06. The summed E-state index contributed by atoms with van der Waals surface area (Å²) in [6.45, 7) is 11.6. The molecule has 1 atom stereocenters. The number of carbonyl (C=O) groups excluding carboxylic acids is 2. The Balaban J connectivity index is 2.15. The van der Waals surface area contributed by atoms with Crippen molar-refractivity contribution in [3.05, 3.63) is 35.9 Å². The van der Waals surface area contributed by atoms with Gasteiger partial charge in [0.25, 0.3) is 5.91 Å². The maximum Gasteiger partial charge on any atom is 0.417 e. The van der Waals surface area contributed by atoms with Crippen LogP contribution in [0.25, 0.3) is 0 Å². The molecule has 0 N–H and O–H groups in total. The topological polar surface area (TPSA) is 55.8 Å². The molecule has 1 heterocycles. The van der Waals surface area contributed by atoms with E-state index < -0.39 is 14.4 Å². The highest BCUT2D eigenvalue weighted by Crippen LogP contribution is 2.37. The largest absolute Gasteiger partial charge is 0.439 e. The zero-order valence-corrected chi connectivity index (χ0v) is 16.2. The average molecular weight is 350 g/mol. The van der Waals surface area contributed by atoms with Crippen molar-refractivity contribution < 1.29 is 18.8 Å². The first-order valence-corrected chi connectivity index (χ1v) is 11.2. The third kappa shape index (κ3) is 4.24. The first-order chi connectivity index (χ1) is 11.1. The van der Waals surface area contributed by atoms with Crippen LogP contribution in [0.2, 0.25) is 18.1 Å². The van der Waals surface area contributed by atoms with Crippen molar-refractivity contribution in [3.63, 3.8) is 0 Å². The molecule has 0 bridgehead atoms. The number of hydrogen-bond acceptors (Lipinski definition) is 4. The van der Waals surface area contributed by atoms with E-state index in [0.717, 1.165) is 5.56 Å². The Morgan fingerprint density at radius 2 is 1.83 bits per heavy atom. The maximum absolute atomic E-state index is 11.9. The van der Waals surface area contributed by atoms with Gasteiger partial charge in [0.15, 0.2) is 14.9 Å². The van der Waals surface area contributed by atoms with Crippen LogP contribution in [-0.4, -0.2) is 45.0 Å². The van der Waals surface area contributed by atoms with Crippen LogP contribution in [0.15, 0.2) is 30.3 Å². The number of rotatable bonds is 6. The summed E-state index contributed by atoms with van der Waals surface area (Å²) in [6, 6.07) is 9.87. The van der Waals surface area contributed by atoms with Gasteiger partial charge in [-0.05, 0) is 23.7 Å². The quantitative estimate of drug-likeness (QED) is 0.734. The van der Waals surface area contributed by atoms with Gasteiger partial charge in [-0.15, -0.1) is 0 Å². The van der Waals surface area contributed by atoms with Crippen molar-refractivity contribution in [1.82, 2.24) is 4.90 Å². The molecule has 1 unspecified atom stereocenters. The number of carbonyl (C=O) groups is 2. The summed E-state index contributed by atoms with van der Waals surface area (Å²) in [5, 5.41) is 0.108. The van der Waals surface area contributed by atoms with Gasteiger partial charge in [0.1, 0.15) is 0 Å². The molecule has 0 aliphatic carbocycles.